The molecule has 0 saturated carbocycles. The van der Waals surface area contributed by atoms with Gasteiger partial charge in [-0.3, -0.25) is 0 Å². The molecule has 0 fully saturated rings. The van der Waals surface area contributed by atoms with Gasteiger partial charge in [-0.05, 0) is 30.2 Å². The average Bonchev–Trinajstić information content (AvgIpc) is 2.49. The van der Waals surface area contributed by atoms with Crippen molar-refractivity contribution in [1.82, 2.24) is 0 Å². The summed E-state index contributed by atoms with van der Waals surface area (Å²) < 4.78 is 16.0. The lowest BCUT2D eigenvalue weighted by atomic mass is 10.2. The highest BCUT2D eigenvalue weighted by Crippen LogP contribution is 2.31. The van der Waals surface area contributed by atoms with Crippen molar-refractivity contribution in [2.45, 2.75) is 26.2 Å². The molecule has 108 valence electrons. The monoisotopic (exact) mass is 276 g/mol. The minimum atomic E-state index is -0.309. The van der Waals surface area contributed by atoms with Crippen LogP contribution in [0.3, 0.4) is 0 Å². The summed E-state index contributed by atoms with van der Waals surface area (Å²) in [6.07, 6.45) is 6.28. The van der Waals surface area contributed by atoms with Crippen molar-refractivity contribution in [3.8, 4) is 11.5 Å². The van der Waals surface area contributed by atoms with Crippen LogP contribution in [-0.4, -0.2) is 25.8 Å². The van der Waals surface area contributed by atoms with Crippen molar-refractivity contribution < 1.29 is 19.0 Å². The molecule has 1 aromatic rings. The van der Waals surface area contributed by atoms with Crippen LogP contribution in [0.1, 0.15) is 31.7 Å². The molecular weight excluding hydrogens is 256 g/mol. The largest absolute Gasteiger partial charge is 0.486 e. The van der Waals surface area contributed by atoms with E-state index in [9.17, 15) is 4.79 Å². The lowest BCUT2D eigenvalue weighted by Gasteiger charge is -2.18. The SMILES string of the molecule is CCCCCOC(=O)/C=C/c1ccc2c(c1)OCCO2. The zero-order chi connectivity index (χ0) is 14.2. The summed E-state index contributed by atoms with van der Waals surface area (Å²) in [5.74, 6) is 1.15. The van der Waals surface area contributed by atoms with Crippen molar-refractivity contribution >= 4 is 12.0 Å². The van der Waals surface area contributed by atoms with Crippen LogP contribution in [0.2, 0.25) is 0 Å². The molecule has 0 saturated heterocycles. The van der Waals surface area contributed by atoms with E-state index < -0.39 is 0 Å². The first-order valence-corrected chi connectivity index (χ1v) is 7.04. The lowest BCUT2D eigenvalue weighted by Crippen LogP contribution is -2.15. The van der Waals surface area contributed by atoms with E-state index in [1.807, 2.05) is 18.2 Å². The van der Waals surface area contributed by atoms with Gasteiger partial charge in [0.1, 0.15) is 13.2 Å². The Hall–Kier alpha value is -1.97. The fourth-order valence-corrected chi connectivity index (χ4v) is 1.90. The van der Waals surface area contributed by atoms with Gasteiger partial charge in [-0.1, -0.05) is 25.8 Å². The number of unbranched alkanes of at least 4 members (excludes halogenated alkanes) is 2. The van der Waals surface area contributed by atoms with Crippen LogP contribution in [0, 0.1) is 0 Å². The van der Waals surface area contributed by atoms with Gasteiger partial charge in [-0.25, -0.2) is 4.79 Å². The average molecular weight is 276 g/mol. The van der Waals surface area contributed by atoms with Gasteiger partial charge in [0.15, 0.2) is 11.5 Å². The van der Waals surface area contributed by atoms with Crippen molar-refractivity contribution in [3.05, 3.63) is 29.8 Å². The third-order valence-electron chi connectivity index (χ3n) is 2.97. The summed E-state index contributed by atoms with van der Waals surface area (Å²) in [7, 11) is 0. The van der Waals surface area contributed by atoms with Crippen molar-refractivity contribution in [2.75, 3.05) is 19.8 Å². The fourth-order valence-electron chi connectivity index (χ4n) is 1.90. The second-order valence-electron chi connectivity index (χ2n) is 4.61. The van der Waals surface area contributed by atoms with E-state index >= 15 is 0 Å². The van der Waals surface area contributed by atoms with Crippen LogP contribution >= 0.6 is 0 Å². The van der Waals surface area contributed by atoms with E-state index in [4.69, 9.17) is 14.2 Å². The zero-order valence-corrected chi connectivity index (χ0v) is 11.8. The maximum absolute atomic E-state index is 11.5. The number of carbonyl (C=O) groups excluding carboxylic acids is 1. The molecule has 4 heteroatoms. The standard InChI is InChI=1S/C16H20O4/c1-2-3-4-9-20-16(17)8-6-13-5-7-14-15(12-13)19-11-10-18-14/h5-8,12H,2-4,9-11H2,1H3/b8-6+. The summed E-state index contributed by atoms with van der Waals surface area (Å²) in [6, 6.07) is 5.59. The van der Waals surface area contributed by atoms with E-state index in [0.717, 1.165) is 36.3 Å². The van der Waals surface area contributed by atoms with Gasteiger partial charge < -0.3 is 14.2 Å². The van der Waals surface area contributed by atoms with Gasteiger partial charge in [0.25, 0.3) is 0 Å². The van der Waals surface area contributed by atoms with Crippen LogP contribution in [0.5, 0.6) is 11.5 Å². The molecule has 4 nitrogen and oxygen atoms in total. The number of hydrogen-bond donors (Lipinski definition) is 0. The summed E-state index contributed by atoms with van der Waals surface area (Å²) >= 11 is 0. The number of esters is 1. The summed E-state index contributed by atoms with van der Waals surface area (Å²) in [5.41, 5.74) is 0.889. The van der Waals surface area contributed by atoms with Crippen molar-refractivity contribution in [2.24, 2.45) is 0 Å². The first-order valence-electron chi connectivity index (χ1n) is 7.04. The molecular formula is C16H20O4. The number of hydrogen-bond acceptors (Lipinski definition) is 4. The highest BCUT2D eigenvalue weighted by atomic mass is 16.6. The predicted octanol–water partition coefficient (Wildman–Crippen LogP) is 3.20. The molecule has 0 amide bonds. The zero-order valence-electron chi connectivity index (χ0n) is 11.8. The Morgan fingerprint density at radius 2 is 2.05 bits per heavy atom. The van der Waals surface area contributed by atoms with E-state index in [0.29, 0.717) is 19.8 Å². The second kappa shape index (κ2) is 7.58. The smallest absolute Gasteiger partial charge is 0.330 e. The first-order chi connectivity index (χ1) is 9.79. The van der Waals surface area contributed by atoms with Crippen LogP contribution in [0.15, 0.2) is 24.3 Å². The Kier molecular flexibility index (Phi) is 5.47. The number of fused-ring (bicyclic) bond motifs is 1. The van der Waals surface area contributed by atoms with E-state index in [-0.39, 0.29) is 5.97 Å². The van der Waals surface area contributed by atoms with Crippen LogP contribution in [0.25, 0.3) is 6.08 Å². The second-order valence-corrected chi connectivity index (χ2v) is 4.61. The van der Waals surface area contributed by atoms with E-state index in [1.165, 1.54) is 6.08 Å². The third kappa shape index (κ3) is 4.30. The fraction of sp³-hybridized carbons (Fsp3) is 0.438. The molecule has 0 bridgehead atoms. The molecule has 0 atom stereocenters. The Morgan fingerprint density at radius 3 is 2.85 bits per heavy atom. The van der Waals surface area contributed by atoms with E-state index in [2.05, 4.69) is 6.92 Å². The molecule has 1 aliphatic rings. The highest BCUT2D eigenvalue weighted by Gasteiger charge is 2.10. The molecule has 1 heterocycles. The quantitative estimate of drug-likeness (QED) is 0.454. The minimum absolute atomic E-state index is 0.309. The topological polar surface area (TPSA) is 44.8 Å². The van der Waals surface area contributed by atoms with Gasteiger partial charge in [0, 0.05) is 6.08 Å². The molecule has 2 rings (SSSR count). The van der Waals surface area contributed by atoms with Crippen LogP contribution < -0.4 is 9.47 Å². The molecule has 0 aliphatic carbocycles. The number of carbonyl (C=O) groups is 1. The molecule has 20 heavy (non-hydrogen) atoms. The molecule has 0 spiro atoms. The van der Waals surface area contributed by atoms with E-state index in [1.54, 1.807) is 6.08 Å². The third-order valence-corrected chi connectivity index (χ3v) is 2.97. The van der Waals surface area contributed by atoms with Gasteiger partial charge in [-0.15, -0.1) is 0 Å². The van der Waals surface area contributed by atoms with Crippen molar-refractivity contribution in [3.63, 3.8) is 0 Å². The van der Waals surface area contributed by atoms with Gasteiger partial charge in [-0.2, -0.15) is 0 Å². The highest BCUT2D eigenvalue weighted by molar-refractivity contribution is 5.87. The Labute approximate surface area is 119 Å². The normalized spacial score (nSPS) is 13.4. The number of ether oxygens (including phenoxy) is 3. The number of benzene rings is 1. The molecule has 1 aromatic carbocycles. The van der Waals surface area contributed by atoms with Crippen LogP contribution in [-0.2, 0) is 9.53 Å². The Morgan fingerprint density at radius 1 is 1.25 bits per heavy atom. The summed E-state index contributed by atoms with van der Waals surface area (Å²) in [4.78, 5) is 11.5. The Bertz CT molecular complexity index is 479. The first kappa shape index (κ1) is 14.4. The molecule has 0 N–H and O–H groups in total. The molecule has 1 aliphatic heterocycles. The lowest BCUT2D eigenvalue weighted by molar-refractivity contribution is -0.137. The predicted molar refractivity (Wildman–Crippen MR) is 77.0 cm³/mol. The molecule has 0 unspecified atom stereocenters. The van der Waals surface area contributed by atoms with Gasteiger partial charge in [0.05, 0.1) is 6.61 Å². The minimum Gasteiger partial charge on any atom is -0.486 e. The maximum Gasteiger partial charge on any atom is 0.330 e. The van der Waals surface area contributed by atoms with Crippen LogP contribution in [0.4, 0.5) is 0 Å². The van der Waals surface area contributed by atoms with Gasteiger partial charge in [0.2, 0.25) is 0 Å². The number of rotatable bonds is 6. The molecule has 0 radical (unpaired) electrons. The Balaban J connectivity index is 1.86. The van der Waals surface area contributed by atoms with Crippen molar-refractivity contribution in [1.29, 1.82) is 0 Å². The maximum atomic E-state index is 11.5. The summed E-state index contributed by atoms with van der Waals surface area (Å²) in [6.45, 7) is 3.73. The van der Waals surface area contributed by atoms with Gasteiger partial charge >= 0.3 is 5.97 Å². The molecule has 0 aromatic heterocycles. The summed E-state index contributed by atoms with van der Waals surface area (Å²) in [5, 5.41) is 0.